The van der Waals surface area contributed by atoms with E-state index in [1.165, 1.54) is 6.07 Å². The summed E-state index contributed by atoms with van der Waals surface area (Å²) in [4.78, 5) is 12.2. The van der Waals surface area contributed by atoms with E-state index in [1.54, 1.807) is 6.07 Å². The molecule has 0 radical (unpaired) electrons. The molecule has 0 fully saturated rings. The van der Waals surface area contributed by atoms with Crippen LogP contribution < -0.4 is 5.69 Å². The van der Waals surface area contributed by atoms with Crippen LogP contribution in [0, 0.1) is 28.0 Å². The van der Waals surface area contributed by atoms with Crippen LogP contribution in [-0.2, 0) is 6.54 Å². The predicted molar refractivity (Wildman–Crippen MR) is 76.2 cm³/mol. The lowest BCUT2D eigenvalue weighted by Gasteiger charge is -2.05. The van der Waals surface area contributed by atoms with Crippen molar-refractivity contribution >= 4 is 33.0 Å². The van der Waals surface area contributed by atoms with E-state index in [-0.39, 0.29) is 29.3 Å². The van der Waals surface area contributed by atoms with Crippen LogP contribution in [0.25, 0.3) is 11.0 Å². The molecule has 1 aromatic carbocycles. The van der Waals surface area contributed by atoms with E-state index in [0.717, 1.165) is 21.3 Å². The average molecular weight is 327 g/mol. The molecule has 0 aliphatic rings. The molecule has 1 heterocycles. The Bertz CT molecular complexity index is 864. The van der Waals surface area contributed by atoms with E-state index in [1.807, 2.05) is 0 Å². The maximum atomic E-state index is 13.3. The van der Waals surface area contributed by atoms with Gasteiger partial charge in [-0.2, -0.15) is 5.26 Å². The summed E-state index contributed by atoms with van der Waals surface area (Å²) in [6, 6.07) is 5.01. The highest BCUT2D eigenvalue weighted by atomic mass is 32.2. The number of benzene rings is 1. The fraction of sp³-hybridized carbons (Fsp3) is 0.167. The summed E-state index contributed by atoms with van der Waals surface area (Å²) in [6.45, 7) is -0.379. The Morgan fingerprint density at radius 2 is 2.05 bits per heavy atom. The molecule has 0 saturated carbocycles. The molecular formula is C12H8F3N5OS. The minimum absolute atomic E-state index is 0.0699. The largest absolute Gasteiger partial charge is 0.336 e. The third-order valence-corrected chi connectivity index (χ3v) is 3.50. The van der Waals surface area contributed by atoms with E-state index in [2.05, 4.69) is 0 Å². The van der Waals surface area contributed by atoms with Crippen LogP contribution in [0.15, 0.2) is 23.0 Å². The van der Waals surface area contributed by atoms with Crippen molar-refractivity contribution in [3.8, 4) is 6.07 Å². The highest BCUT2D eigenvalue weighted by Crippen LogP contribution is 2.19. The first kappa shape index (κ1) is 15.8. The average Bonchev–Trinajstić information content (AvgIpc) is 2.71. The Morgan fingerprint density at radius 3 is 2.64 bits per heavy atom. The molecule has 0 bridgehead atoms. The van der Waals surface area contributed by atoms with Gasteiger partial charge in [-0.05, 0) is 30.0 Å². The molecule has 2 rings (SSSR count). The Morgan fingerprint density at radius 1 is 1.36 bits per heavy atom. The van der Waals surface area contributed by atoms with Gasteiger partial charge in [-0.15, -0.1) is 0 Å². The number of alkyl halides is 2. The monoisotopic (exact) mass is 327 g/mol. The van der Waals surface area contributed by atoms with Gasteiger partial charge in [0.15, 0.2) is 5.17 Å². The molecule has 0 aliphatic heterocycles. The zero-order chi connectivity index (χ0) is 16.4. The molecule has 22 heavy (non-hydrogen) atoms. The molecule has 0 unspecified atom stereocenters. The van der Waals surface area contributed by atoms with Crippen molar-refractivity contribution in [2.75, 3.05) is 0 Å². The number of fused-ring (bicyclic) bond motifs is 1. The van der Waals surface area contributed by atoms with Gasteiger partial charge in [0.2, 0.25) is 0 Å². The zero-order valence-electron chi connectivity index (χ0n) is 10.8. The molecule has 0 spiro atoms. The van der Waals surface area contributed by atoms with E-state index in [4.69, 9.17) is 16.1 Å². The van der Waals surface area contributed by atoms with E-state index in [9.17, 15) is 18.0 Å². The molecular weight excluding hydrogens is 319 g/mol. The molecule has 2 N–H and O–H groups in total. The number of hydrogen-bond donors (Lipinski definition) is 2. The summed E-state index contributed by atoms with van der Waals surface area (Å²) >= 11 is 0.115. The van der Waals surface area contributed by atoms with Gasteiger partial charge in [-0.3, -0.25) is 15.4 Å². The van der Waals surface area contributed by atoms with Gasteiger partial charge in [-0.1, -0.05) is 0 Å². The topological polar surface area (TPSA) is 98.4 Å². The zero-order valence-corrected chi connectivity index (χ0v) is 11.6. The molecule has 0 atom stereocenters. The summed E-state index contributed by atoms with van der Waals surface area (Å²) in [6.07, 6.45) is -3.06. The quantitative estimate of drug-likeness (QED) is 0.653. The van der Waals surface area contributed by atoms with Gasteiger partial charge in [0.1, 0.15) is 17.4 Å². The summed E-state index contributed by atoms with van der Waals surface area (Å²) < 4.78 is 39.7. The smallest absolute Gasteiger partial charge is 0.293 e. The first-order valence-electron chi connectivity index (χ1n) is 5.78. The van der Waals surface area contributed by atoms with E-state index in [0.29, 0.717) is 0 Å². The molecule has 6 nitrogen and oxygen atoms in total. The van der Waals surface area contributed by atoms with Gasteiger partial charge in [-0.25, -0.2) is 22.5 Å². The molecule has 0 saturated heterocycles. The molecule has 0 amide bonds. The number of aromatic nitrogens is 2. The third kappa shape index (κ3) is 2.75. The number of nitrogens with zero attached hydrogens (tertiary/aromatic N) is 3. The second-order valence-electron chi connectivity index (χ2n) is 4.07. The maximum Gasteiger partial charge on any atom is 0.336 e. The standard InChI is InChI=1S/C12H8F3N5OS/c13-6-1-2-7-8(5-6)19(4-3-16)12(21)20(7)11(18)22-10(17)9(14)15/h1-2,5,9,17-18H,4H2. The lowest BCUT2D eigenvalue weighted by Crippen LogP contribution is -2.28. The van der Waals surface area contributed by atoms with Crippen molar-refractivity contribution in [3.05, 3.63) is 34.5 Å². The Kier molecular flexibility index (Phi) is 4.37. The highest BCUT2D eigenvalue weighted by Gasteiger charge is 2.21. The summed E-state index contributed by atoms with van der Waals surface area (Å²) in [5.41, 5.74) is -0.664. The second kappa shape index (κ2) is 6.07. The van der Waals surface area contributed by atoms with Crippen LogP contribution in [0.4, 0.5) is 13.2 Å². The van der Waals surface area contributed by atoms with Crippen molar-refractivity contribution in [2.24, 2.45) is 0 Å². The summed E-state index contributed by atoms with van der Waals surface area (Å²) in [5.74, 6) is -0.643. The van der Waals surface area contributed by atoms with Gasteiger partial charge >= 0.3 is 5.69 Å². The number of halogens is 3. The van der Waals surface area contributed by atoms with Crippen molar-refractivity contribution in [1.82, 2.24) is 9.13 Å². The minimum atomic E-state index is -3.06. The van der Waals surface area contributed by atoms with Crippen LogP contribution in [0.3, 0.4) is 0 Å². The van der Waals surface area contributed by atoms with Crippen LogP contribution in [0.5, 0.6) is 0 Å². The van der Waals surface area contributed by atoms with Crippen LogP contribution in [0.2, 0.25) is 0 Å². The SMILES string of the molecule is N#CCn1c(=O)n(C(=N)SC(=N)C(F)F)c2ccc(F)cc21. The molecule has 10 heteroatoms. The summed E-state index contributed by atoms with van der Waals surface area (Å²) in [5, 5.41) is 21.8. The molecule has 2 aromatic rings. The van der Waals surface area contributed by atoms with Crippen molar-refractivity contribution in [2.45, 2.75) is 13.0 Å². The fourth-order valence-electron chi connectivity index (χ4n) is 1.84. The van der Waals surface area contributed by atoms with E-state index >= 15 is 0 Å². The number of nitrogens with one attached hydrogen (secondary N) is 2. The van der Waals surface area contributed by atoms with Gasteiger partial charge in [0.05, 0.1) is 17.1 Å². The number of rotatable bonds is 2. The molecule has 0 aliphatic carbocycles. The van der Waals surface area contributed by atoms with Crippen molar-refractivity contribution in [3.63, 3.8) is 0 Å². The van der Waals surface area contributed by atoms with Crippen molar-refractivity contribution < 1.29 is 13.2 Å². The summed E-state index contributed by atoms with van der Waals surface area (Å²) in [7, 11) is 0. The first-order chi connectivity index (χ1) is 10.4. The fourth-order valence-corrected chi connectivity index (χ4v) is 2.41. The molecule has 1 aromatic heterocycles. The highest BCUT2D eigenvalue weighted by molar-refractivity contribution is 8.26. The first-order valence-corrected chi connectivity index (χ1v) is 6.59. The Balaban J connectivity index is 2.62. The van der Waals surface area contributed by atoms with Crippen LogP contribution in [0.1, 0.15) is 0 Å². The van der Waals surface area contributed by atoms with Gasteiger partial charge in [0.25, 0.3) is 6.43 Å². The predicted octanol–water partition coefficient (Wildman–Crippen LogP) is 2.22. The van der Waals surface area contributed by atoms with Crippen LogP contribution >= 0.6 is 11.8 Å². The van der Waals surface area contributed by atoms with E-state index < -0.39 is 28.1 Å². The maximum absolute atomic E-state index is 13.3. The Hall–Kier alpha value is -2.54. The lowest BCUT2D eigenvalue weighted by atomic mass is 10.3. The second-order valence-corrected chi connectivity index (χ2v) is 5.10. The Labute approximate surface area is 125 Å². The van der Waals surface area contributed by atoms with Gasteiger partial charge in [0, 0.05) is 0 Å². The minimum Gasteiger partial charge on any atom is -0.293 e. The lowest BCUT2D eigenvalue weighted by molar-refractivity contribution is 0.228. The number of nitriles is 1. The normalized spacial score (nSPS) is 10.9. The number of imidazole rings is 1. The molecule has 114 valence electrons. The van der Waals surface area contributed by atoms with Crippen molar-refractivity contribution in [1.29, 1.82) is 16.1 Å². The van der Waals surface area contributed by atoms with Crippen LogP contribution in [-0.4, -0.2) is 25.8 Å². The number of hydrogen-bond acceptors (Lipinski definition) is 5. The van der Waals surface area contributed by atoms with Gasteiger partial charge < -0.3 is 0 Å². The third-order valence-electron chi connectivity index (χ3n) is 2.73. The number of thioether (sulfide) groups is 1.